The molecule has 0 amide bonds. The Morgan fingerprint density at radius 2 is 1.55 bits per heavy atom. The summed E-state index contributed by atoms with van der Waals surface area (Å²) >= 11 is 0. The van der Waals surface area contributed by atoms with Gasteiger partial charge in [-0.25, -0.2) is 0 Å². The van der Waals surface area contributed by atoms with Gasteiger partial charge >= 0.3 is 12.1 Å². The predicted octanol–water partition coefficient (Wildman–Crippen LogP) is 8.24. The van der Waals surface area contributed by atoms with Gasteiger partial charge in [-0.05, 0) is 67.3 Å². The predicted molar refractivity (Wildman–Crippen MR) is 148 cm³/mol. The van der Waals surface area contributed by atoms with E-state index in [9.17, 15) is 31.9 Å². The Labute approximate surface area is 245 Å². The molecule has 6 rings (SSSR count). The lowest BCUT2D eigenvalue weighted by atomic mass is 9.52. The molecule has 6 atom stereocenters. The lowest BCUT2D eigenvalue weighted by Crippen LogP contribution is -2.52. The van der Waals surface area contributed by atoms with Gasteiger partial charge in [0.2, 0.25) is 0 Å². The monoisotopic (exact) mass is 598 g/mol. The molecule has 1 saturated heterocycles. The van der Waals surface area contributed by atoms with Crippen molar-refractivity contribution >= 4 is 6.29 Å². The molecule has 1 spiro atoms. The lowest BCUT2D eigenvalue weighted by molar-refractivity contribution is -0.312. The number of aliphatic hydroxyl groups is 1. The van der Waals surface area contributed by atoms with Crippen LogP contribution in [0.2, 0.25) is 0 Å². The molecular formula is C33H43F5O4. The summed E-state index contributed by atoms with van der Waals surface area (Å²) in [5.74, 6) is -2.94. The summed E-state index contributed by atoms with van der Waals surface area (Å²) in [7, 11) is 0. The van der Waals surface area contributed by atoms with Gasteiger partial charge < -0.3 is 14.6 Å². The van der Waals surface area contributed by atoms with E-state index in [4.69, 9.17) is 9.47 Å². The van der Waals surface area contributed by atoms with Crippen molar-refractivity contribution in [1.29, 1.82) is 0 Å². The van der Waals surface area contributed by atoms with E-state index < -0.39 is 17.9 Å². The first-order valence-corrected chi connectivity index (χ1v) is 15.2. The molecule has 42 heavy (non-hydrogen) atoms. The molecule has 0 aromatic heterocycles. The Morgan fingerprint density at radius 3 is 2.12 bits per heavy atom. The molecule has 1 aromatic rings. The van der Waals surface area contributed by atoms with E-state index in [2.05, 4.69) is 32.9 Å². The fourth-order valence-electron chi connectivity index (χ4n) is 8.31. The quantitative estimate of drug-likeness (QED) is 0.212. The minimum atomic E-state index is -5.40. The number of aldehydes is 1. The molecule has 1 aliphatic heterocycles. The number of benzene rings is 1. The molecule has 234 valence electrons. The number of halogens is 5. The van der Waals surface area contributed by atoms with Crippen molar-refractivity contribution in [1.82, 2.24) is 0 Å². The summed E-state index contributed by atoms with van der Waals surface area (Å²) in [6.45, 7) is 8.15. The molecular weight excluding hydrogens is 555 g/mol. The summed E-state index contributed by atoms with van der Waals surface area (Å²) in [5, 5.41) is 11.1. The molecule has 3 unspecified atom stereocenters. The van der Waals surface area contributed by atoms with E-state index in [1.165, 1.54) is 18.4 Å². The Morgan fingerprint density at radius 1 is 0.929 bits per heavy atom. The van der Waals surface area contributed by atoms with Gasteiger partial charge in [0, 0.05) is 36.7 Å². The average Bonchev–Trinajstić information content (AvgIpc) is 3.23. The molecule has 3 saturated carbocycles. The van der Waals surface area contributed by atoms with Gasteiger partial charge in [-0.15, -0.1) is 0 Å². The third-order valence-electron chi connectivity index (χ3n) is 10.7. The van der Waals surface area contributed by atoms with Gasteiger partial charge in [0.15, 0.2) is 5.79 Å². The molecule has 1 N–H and O–H groups in total. The summed E-state index contributed by atoms with van der Waals surface area (Å²) in [4.78, 5) is 11.3. The Kier molecular flexibility index (Phi) is 8.23. The zero-order chi connectivity index (χ0) is 30.7. The zero-order valence-corrected chi connectivity index (χ0v) is 24.9. The van der Waals surface area contributed by atoms with E-state index >= 15 is 0 Å². The molecule has 4 fully saturated rings. The van der Waals surface area contributed by atoms with Gasteiger partial charge in [0.05, 0.1) is 19.3 Å². The Balaban J connectivity index is 0.000000390. The van der Waals surface area contributed by atoms with E-state index in [1.54, 1.807) is 11.1 Å². The molecule has 4 nitrogen and oxygen atoms in total. The third kappa shape index (κ3) is 5.82. The summed E-state index contributed by atoms with van der Waals surface area (Å²) in [5.41, 5.74) is 5.47. The molecule has 9 heteroatoms. The first-order chi connectivity index (χ1) is 19.5. The number of alkyl halides is 5. The zero-order valence-electron chi connectivity index (χ0n) is 24.9. The third-order valence-corrected chi connectivity index (χ3v) is 10.7. The molecule has 4 aliphatic carbocycles. The van der Waals surface area contributed by atoms with E-state index in [1.807, 2.05) is 12.1 Å². The minimum Gasteiger partial charge on any atom is -0.393 e. The topological polar surface area (TPSA) is 55.8 Å². The normalized spacial score (nSPS) is 35.4. The van der Waals surface area contributed by atoms with Crippen LogP contribution in [0.15, 0.2) is 35.4 Å². The van der Waals surface area contributed by atoms with Gasteiger partial charge in [-0.3, -0.25) is 4.79 Å². The highest BCUT2D eigenvalue weighted by molar-refractivity contribution is 5.74. The van der Waals surface area contributed by atoms with E-state index in [0.29, 0.717) is 23.7 Å². The van der Waals surface area contributed by atoms with Crippen LogP contribution in [-0.2, 0) is 9.47 Å². The minimum absolute atomic E-state index is 0.0212. The van der Waals surface area contributed by atoms with Crippen molar-refractivity contribution in [3.63, 3.8) is 0 Å². The second-order valence-corrected chi connectivity index (χ2v) is 14.4. The fraction of sp³-hybridized carbons (Fsp3) is 0.727. The molecule has 0 bridgehead atoms. The summed E-state index contributed by atoms with van der Waals surface area (Å²) in [6, 6.07) is 8.24. The van der Waals surface area contributed by atoms with Crippen LogP contribution < -0.4 is 0 Å². The van der Waals surface area contributed by atoms with Crippen molar-refractivity contribution in [3.8, 4) is 0 Å². The molecule has 1 aromatic carbocycles. The number of carbonyl (C=O) groups excluding carboxylic acids is 1. The van der Waals surface area contributed by atoms with Crippen molar-refractivity contribution < 1.29 is 41.3 Å². The molecule has 0 radical (unpaired) electrons. The van der Waals surface area contributed by atoms with Crippen LogP contribution in [0, 0.1) is 28.6 Å². The Hall–Kier alpha value is -1.84. The van der Waals surface area contributed by atoms with Crippen LogP contribution in [0.5, 0.6) is 0 Å². The first kappa shape index (κ1) is 31.6. The summed E-state index contributed by atoms with van der Waals surface area (Å²) in [6.07, 6.45) is 3.82. The highest BCUT2D eigenvalue weighted by atomic mass is 19.4. The largest absolute Gasteiger partial charge is 0.452 e. The Bertz CT molecular complexity index is 1160. The second-order valence-electron chi connectivity index (χ2n) is 14.4. The van der Waals surface area contributed by atoms with Crippen LogP contribution >= 0.6 is 0 Å². The van der Waals surface area contributed by atoms with Crippen LogP contribution in [-0.4, -0.2) is 48.6 Å². The van der Waals surface area contributed by atoms with Crippen LogP contribution in [0.4, 0.5) is 22.0 Å². The number of hydrogen-bond donors (Lipinski definition) is 1. The number of rotatable bonds is 2. The van der Waals surface area contributed by atoms with Gasteiger partial charge in [-0.1, -0.05) is 56.2 Å². The van der Waals surface area contributed by atoms with Gasteiger partial charge in [0.1, 0.15) is 6.29 Å². The number of allylic oxidation sites excluding steroid dienone is 2. The number of carbonyl (C=O) groups is 1. The maximum atomic E-state index is 11.3. The smallest absolute Gasteiger partial charge is 0.393 e. The molecule has 5 aliphatic rings. The van der Waals surface area contributed by atoms with Crippen molar-refractivity contribution in [2.75, 3.05) is 13.2 Å². The van der Waals surface area contributed by atoms with E-state index in [-0.39, 0.29) is 23.9 Å². The van der Waals surface area contributed by atoms with E-state index in [0.717, 1.165) is 63.6 Å². The van der Waals surface area contributed by atoms with Gasteiger partial charge in [-0.2, -0.15) is 22.0 Å². The van der Waals surface area contributed by atoms with Crippen molar-refractivity contribution in [2.24, 2.45) is 28.6 Å². The lowest BCUT2D eigenvalue weighted by Gasteiger charge is -2.55. The average molecular weight is 599 g/mol. The van der Waals surface area contributed by atoms with Crippen LogP contribution in [0.3, 0.4) is 0 Å². The highest BCUT2D eigenvalue weighted by Gasteiger charge is 2.58. The van der Waals surface area contributed by atoms with Crippen molar-refractivity contribution in [2.45, 2.75) is 109 Å². The number of hydrogen-bond acceptors (Lipinski definition) is 4. The maximum absolute atomic E-state index is 11.3. The van der Waals surface area contributed by atoms with Crippen LogP contribution in [0.25, 0.3) is 0 Å². The molecule has 1 heterocycles. The van der Waals surface area contributed by atoms with Crippen molar-refractivity contribution in [3.05, 3.63) is 46.5 Å². The number of aliphatic hydroxyl groups excluding tert-OH is 1. The standard InChI is InChI=1S/C30H40O4.C3H3F5/c1-28(2)17-33-30(34-18-28)13-12-22-21(14-30)8-9-23-25-10-11-26(32)29(25,3)15-24(27(22)23)20-6-4-19(16-31)5-7-20;1-2(4,5)3(6,7)8/h4-7,16,21,23-26,32H,8-15,17-18H2,1-3H3;1H3/t21?,23?,24-,25?,26+,29+;/m1./s1. The number of ether oxygens (including phenoxy) is 2. The van der Waals surface area contributed by atoms with Gasteiger partial charge in [0.25, 0.3) is 0 Å². The van der Waals surface area contributed by atoms with Crippen LogP contribution in [0.1, 0.15) is 101 Å². The second kappa shape index (κ2) is 11.0. The SMILES string of the molecule is CC(F)(F)C(F)(F)F.CC1(C)COC2(CCC3=C4C(CCC3C2)C2CC[C@H](O)[C@@]2(C)C[C@@H]4c2ccc(C=O)cc2)OC1. The first-order valence-electron chi connectivity index (χ1n) is 15.2. The highest BCUT2D eigenvalue weighted by Crippen LogP contribution is 2.65. The number of fused-ring (bicyclic) bond motifs is 4. The summed E-state index contributed by atoms with van der Waals surface area (Å²) < 4.78 is 67.5. The maximum Gasteiger partial charge on any atom is 0.452 e. The fourth-order valence-corrected chi connectivity index (χ4v) is 8.31.